The van der Waals surface area contributed by atoms with Gasteiger partial charge in [-0.05, 0) is 48.1 Å². The lowest BCUT2D eigenvalue weighted by Crippen LogP contribution is -2.38. The summed E-state index contributed by atoms with van der Waals surface area (Å²) in [6.07, 6.45) is -1.03. The summed E-state index contributed by atoms with van der Waals surface area (Å²) >= 11 is 0. The summed E-state index contributed by atoms with van der Waals surface area (Å²) < 4.78 is 86.4. The van der Waals surface area contributed by atoms with Gasteiger partial charge in [0, 0.05) is 41.3 Å². The molecule has 36 heavy (non-hydrogen) atoms. The Labute approximate surface area is 207 Å². The number of nitrogens with one attached hydrogen (secondary N) is 1. The smallest absolute Gasteiger partial charge is 0.347 e. The van der Waals surface area contributed by atoms with E-state index in [4.69, 9.17) is 0 Å². The maximum absolute atomic E-state index is 15.5. The number of hydrogen-bond acceptors (Lipinski definition) is 3. The van der Waals surface area contributed by atoms with Crippen molar-refractivity contribution in [2.75, 3.05) is 0 Å². The lowest BCUT2D eigenvalue weighted by molar-refractivity contribution is -0.137. The van der Waals surface area contributed by atoms with Crippen molar-refractivity contribution in [2.45, 2.75) is 64.5 Å². The lowest BCUT2D eigenvalue weighted by atomic mass is 9.93. The first-order valence-electron chi connectivity index (χ1n) is 11.6. The van der Waals surface area contributed by atoms with E-state index in [1.165, 1.54) is 12.1 Å². The molecule has 5 nitrogen and oxygen atoms in total. The largest absolute Gasteiger partial charge is 0.417 e. The third kappa shape index (κ3) is 5.13. The molecular formula is C26H27F4N3O2S. The maximum atomic E-state index is 15.5. The van der Waals surface area contributed by atoms with Gasteiger partial charge < -0.3 is 4.57 Å². The lowest BCUT2D eigenvalue weighted by Gasteiger charge is -2.25. The highest BCUT2D eigenvalue weighted by molar-refractivity contribution is 7.90. The number of hydrogen-bond donors (Lipinski definition) is 1. The molecule has 10 heteroatoms. The molecule has 0 bridgehead atoms. The number of fused-ring (bicyclic) bond motifs is 1. The van der Waals surface area contributed by atoms with Crippen molar-refractivity contribution in [1.82, 2.24) is 9.29 Å². The molecule has 192 valence electrons. The van der Waals surface area contributed by atoms with Gasteiger partial charge in [-0.15, -0.1) is 0 Å². The van der Waals surface area contributed by atoms with Gasteiger partial charge in [-0.1, -0.05) is 33.3 Å². The summed E-state index contributed by atoms with van der Waals surface area (Å²) in [7, 11) is -3.52. The first-order valence-corrected chi connectivity index (χ1v) is 13.2. The Kier molecular flexibility index (Phi) is 6.69. The van der Waals surface area contributed by atoms with E-state index in [0.717, 1.165) is 24.6 Å². The topological polar surface area (TPSA) is 74.9 Å². The second-order valence-corrected chi connectivity index (χ2v) is 12.5. The third-order valence-electron chi connectivity index (χ3n) is 6.41. The molecule has 0 spiro atoms. The zero-order valence-corrected chi connectivity index (χ0v) is 21.0. The highest BCUT2D eigenvalue weighted by Crippen LogP contribution is 2.41. The van der Waals surface area contributed by atoms with Crippen LogP contribution < -0.4 is 4.72 Å². The first-order chi connectivity index (χ1) is 16.7. The van der Waals surface area contributed by atoms with Gasteiger partial charge in [0.1, 0.15) is 5.82 Å². The molecule has 0 unspecified atom stereocenters. The summed E-state index contributed by atoms with van der Waals surface area (Å²) in [5.41, 5.74) is -1.48. The number of aromatic nitrogens is 1. The molecule has 0 amide bonds. The Bertz CT molecular complexity index is 1460. The van der Waals surface area contributed by atoms with E-state index >= 15 is 4.39 Å². The van der Waals surface area contributed by atoms with E-state index in [1.807, 2.05) is 20.8 Å². The molecule has 1 aliphatic carbocycles. The van der Waals surface area contributed by atoms with Gasteiger partial charge in [0.15, 0.2) is 0 Å². The summed E-state index contributed by atoms with van der Waals surface area (Å²) in [5, 5.41) is 9.46. The monoisotopic (exact) mass is 521 g/mol. The van der Waals surface area contributed by atoms with Gasteiger partial charge >= 0.3 is 6.18 Å². The van der Waals surface area contributed by atoms with Crippen LogP contribution in [0.5, 0.6) is 0 Å². The molecule has 1 aliphatic rings. The number of sulfonamides is 1. The molecule has 1 heterocycles. The van der Waals surface area contributed by atoms with Crippen LogP contribution in [0.3, 0.4) is 0 Å². The van der Waals surface area contributed by atoms with E-state index in [9.17, 15) is 26.9 Å². The van der Waals surface area contributed by atoms with Crippen molar-refractivity contribution < 1.29 is 26.0 Å². The normalized spacial score (nSPS) is 15.2. The third-order valence-corrected chi connectivity index (χ3v) is 8.31. The van der Waals surface area contributed by atoms with Crippen LogP contribution >= 0.6 is 0 Å². The summed E-state index contributed by atoms with van der Waals surface area (Å²) in [6.45, 7) is 6.34. The van der Waals surface area contributed by atoms with Crippen LogP contribution in [-0.2, 0) is 29.3 Å². The fourth-order valence-electron chi connectivity index (χ4n) is 4.51. The number of halogens is 4. The highest BCUT2D eigenvalue weighted by atomic mass is 32.2. The predicted octanol–water partition coefficient (Wildman–Crippen LogP) is 6.36. The number of benzene rings is 2. The first kappa shape index (κ1) is 26.2. The minimum atomic E-state index is -4.79. The number of nitriles is 1. The second-order valence-electron chi connectivity index (χ2n) is 10.4. The van der Waals surface area contributed by atoms with Crippen LogP contribution in [0.1, 0.15) is 56.7 Å². The fraction of sp³-hybridized carbons (Fsp3) is 0.423. The summed E-state index contributed by atoms with van der Waals surface area (Å²) in [5.74, 6) is -0.924. The van der Waals surface area contributed by atoms with Crippen LogP contribution in [0, 0.1) is 22.6 Å². The SMILES string of the molecule is CC(C)(C)Cn1cc(CNS(=O)(=O)C2CCC2)c2cc(F)c(-c3c(C#N)cccc3C(F)(F)F)cc21. The van der Waals surface area contributed by atoms with E-state index < -0.39 is 38.4 Å². The van der Waals surface area contributed by atoms with Gasteiger partial charge in [-0.2, -0.15) is 18.4 Å². The van der Waals surface area contributed by atoms with Crippen molar-refractivity contribution in [1.29, 1.82) is 5.26 Å². The molecule has 0 saturated heterocycles. The van der Waals surface area contributed by atoms with Gasteiger partial charge in [-0.25, -0.2) is 17.5 Å². The van der Waals surface area contributed by atoms with Crippen molar-refractivity contribution in [2.24, 2.45) is 5.41 Å². The highest BCUT2D eigenvalue weighted by Gasteiger charge is 2.36. The average molecular weight is 522 g/mol. The number of alkyl halides is 3. The molecule has 0 atom stereocenters. The zero-order chi connectivity index (χ0) is 26.5. The molecule has 0 aliphatic heterocycles. The van der Waals surface area contributed by atoms with Crippen molar-refractivity contribution >= 4 is 20.9 Å². The standard InChI is InChI=1S/C26H27F4N3O2S/c1-25(2,3)15-33-14-17(13-32-36(34,35)18-7-5-8-18)19-10-22(27)20(11-23(19)33)24-16(12-31)6-4-9-21(24)26(28,29)30/h4,6,9-11,14,18,32H,5,7-8,13,15H2,1-3H3. The van der Waals surface area contributed by atoms with Crippen molar-refractivity contribution in [3.63, 3.8) is 0 Å². The molecule has 1 N–H and O–H groups in total. The van der Waals surface area contributed by atoms with Crippen LogP contribution in [0.2, 0.25) is 0 Å². The van der Waals surface area contributed by atoms with Crippen LogP contribution in [0.4, 0.5) is 17.6 Å². The van der Waals surface area contributed by atoms with Gasteiger partial charge in [0.05, 0.1) is 22.4 Å². The van der Waals surface area contributed by atoms with Crippen LogP contribution in [0.25, 0.3) is 22.0 Å². The Morgan fingerprint density at radius 2 is 1.86 bits per heavy atom. The van der Waals surface area contributed by atoms with Crippen LogP contribution in [0.15, 0.2) is 36.5 Å². The quantitative estimate of drug-likeness (QED) is 0.384. The minimum Gasteiger partial charge on any atom is -0.347 e. The molecule has 1 aromatic heterocycles. The van der Waals surface area contributed by atoms with E-state index in [-0.39, 0.29) is 23.1 Å². The maximum Gasteiger partial charge on any atom is 0.417 e. The number of rotatable bonds is 6. The Balaban J connectivity index is 1.88. The molecular weight excluding hydrogens is 494 g/mol. The van der Waals surface area contributed by atoms with Gasteiger partial charge in [-0.3, -0.25) is 0 Å². The van der Waals surface area contributed by atoms with E-state index in [2.05, 4.69) is 4.72 Å². The zero-order valence-electron chi connectivity index (χ0n) is 20.2. The van der Waals surface area contributed by atoms with Crippen molar-refractivity contribution in [3.05, 3.63) is 59.0 Å². The summed E-state index contributed by atoms with van der Waals surface area (Å²) in [6, 6.07) is 7.38. The Hall–Kier alpha value is -2.90. The van der Waals surface area contributed by atoms with Crippen LogP contribution in [-0.4, -0.2) is 18.2 Å². The molecule has 1 saturated carbocycles. The van der Waals surface area contributed by atoms with Gasteiger partial charge in [0.25, 0.3) is 0 Å². The molecule has 1 fully saturated rings. The second kappa shape index (κ2) is 9.20. The Morgan fingerprint density at radius 3 is 2.42 bits per heavy atom. The molecule has 3 aromatic rings. The fourth-order valence-corrected chi connectivity index (χ4v) is 6.05. The van der Waals surface area contributed by atoms with E-state index in [1.54, 1.807) is 16.8 Å². The number of nitrogens with zero attached hydrogens (tertiary/aromatic N) is 2. The van der Waals surface area contributed by atoms with Gasteiger partial charge in [0.2, 0.25) is 10.0 Å². The predicted molar refractivity (Wildman–Crippen MR) is 130 cm³/mol. The molecule has 4 rings (SSSR count). The Morgan fingerprint density at radius 1 is 1.17 bits per heavy atom. The molecule has 0 radical (unpaired) electrons. The summed E-state index contributed by atoms with van der Waals surface area (Å²) in [4.78, 5) is 0. The minimum absolute atomic E-state index is 0.0617. The van der Waals surface area contributed by atoms with Crippen molar-refractivity contribution in [3.8, 4) is 17.2 Å². The average Bonchev–Trinajstić information content (AvgIpc) is 3.03. The van der Waals surface area contributed by atoms with E-state index in [0.29, 0.717) is 35.9 Å². The molecule has 2 aromatic carbocycles.